The number of nitro groups is 2. The lowest BCUT2D eigenvalue weighted by Crippen LogP contribution is -2.18. The van der Waals surface area contributed by atoms with Crippen LogP contribution >= 0.6 is 0 Å². The molecule has 1 aliphatic heterocycles. The molecule has 0 fully saturated rings. The minimum Gasteiger partial charge on any atom is -0.321 e. The van der Waals surface area contributed by atoms with Crippen LogP contribution in [0.3, 0.4) is 0 Å². The van der Waals surface area contributed by atoms with Gasteiger partial charge in [0.2, 0.25) is 0 Å². The summed E-state index contributed by atoms with van der Waals surface area (Å²) in [5.74, 6) is 0. The van der Waals surface area contributed by atoms with Gasteiger partial charge in [-0.3, -0.25) is 20.2 Å². The topological polar surface area (TPSA) is 108 Å². The summed E-state index contributed by atoms with van der Waals surface area (Å²) in [6, 6.07) is 5.61. The van der Waals surface area contributed by atoms with Gasteiger partial charge in [-0.05, 0) is 12.1 Å². The summed E-state index contributed by atoms with van der Waals surface area (Å²) in [4.78, 5) is 24.4. The molecule has 0 bridgehead atoms. The lowest BCUT2D eigenvalue weighted by atomic mass is 10.1. The van der Waals surface area contributed by atoms with Gasteiger partial charge in [0.25, 0.3) is 5.69 Å². The molecular weight excluding hydrogens is 230 g/mol. The number of nitrogens with zero attached hydrogens (tertiary/aromatic N) is 3. The lowest BCUT2D eigenvalue weighted by molar-refractivity contribution is -0.571. The Kier molecular flexibility index (Phi) is 2.69. The molecule has 0 amide bonds. The minimum atomic E-state index is -1.17. The van der Waals surface area contributed by atoms with Crippen LogP contribution in [0.1, 0.15) is 12.0 Å². The Morgan fingerprint density at radius 3 is 2.35 bits per heavy atom. The van der Waals surface area contributed by atoms with Crippen molar-refractivity contribution < 1.29 is 14.7 Å². The zero-order valence-corrected chi connectivity index (χ0v) is 8.48. The summed E-state index contributed by atoms with van der Waals surface area (Å²) in [6.07, 6.45) is -1.11. The molecule has 0 spiro atoms. The average molecular weight is 237 g/mol. The Morgan fingerprint density at radius 1 is 1.24 bits per heavy atom. The van der Waals surface area contributed by atoms with Crippen LogP contribution in [0.5, 0.6) is 0 Å². The van der Waals surface area contributed by atoms with E-state index in [-0.39, 0.29) is 12.1 Å². The number of nitro benzene ring substituents is 1. The molecule has 0 saturated carbocycles. The molecule has 1 aromatic carbocycles. The van der Waals surface area contributed by atoms with Gasteiger partial charge >= 0.3 is 6.23 Å². The summed E-state index contributed by atoms with van der Waals surface area (Å²) in [5.41, 5.74) is 0.959. The van der Waals surface area contributed by atoms with E-state index in [9.17, 15) is 20.2 Å². The molecule has 0 saturated heterocycles. The molecule has 1 atom stereocenters. The molecule has 88 valence electrons. The Labute approximate surface area is 94.8 Å². The molecule has 1 unspecified atom stereocenters. The quantitative estimate of drug-likeness (QED) is 0.581. The number of hydrogen-bond donors (Lipinski definition) is 0. The second kappa shape index (κ2) is 4.16. The van der Waals surface area contributed by atoms with E-state index in [1.165, 1.54) is 24.3 Å². The van der Waals surface area contributed by atoms with Crippen molar-refractivity contribution in [3.63, 3.8) is 0 Å². The predicted molar refractivity (Wildman–Crippen MR) is 56.1 cm³/mol. The SMILES string of the molecule is O=[N+]([O-])c1ccc(C2=NOC([N+](=O)[O-])C2)cc1. The molecule has 2 rings (SSSR count). The zero-order valence-electron chi connectivity index (χ0n) is 8.48. The zero-order chi connectivity index (χ0) is 12.4. The van der Waals surface area contributed by atoms with Crippen LogP contribution in [0.2, 0.25) is 0 Å². The van der Waals surface area contributed by atoms with Gasteiger partial charge < -0.3 is 4.84 Å². The van der Waals surface area contributed by atoms with E-state index in [0.717, 1.165) is 0 Å². The molecule has 0 aromatic heterocycles. The van der Waals surface area contributed by atoms with E-state index >= 15 is 0 Å². The number of rotatable bonds is 3. The number of oxime groups is 1. The molecule has 0 radical (unpaired) electrons. The Morgan fingerprint density at radius 2 is 1.88 bits per heavy atom. The number of benzene rings is 1. The summed E-state index contributed by atoms with van der Waals surface area (Å²) >= 11 is 0. The predicted octanol–water partition coefficient (Wildman–Crippen LogP) is 1.32. The third kappa shape index (κ3) is 2.19. The Balaban J connectivity index is 2.14. The maximum Gasteiger partial charge on any atom is 0.380 e. The van der Waals surface area contributed by atoms with Crippen LogP contribution in [-0.4, -0.2) is 21.8 Å². The molecule has 8 heteroatoms. The van der Waals surface area contributed by atoms with Crippen molar-refractivity contribution in [1.29, 1.82) is 0 Å². The van der Waals surface area contributed by atoms with Crippen molar-refractivity contribution in [3.8, 4) is 0 Å². The number of hydrogen-bond acceptors (Lipinski definition) is 6. The highest BCUT2D eigenvalue weighted by Gasteiger charge is 2.31. The van der Waals surface area contributed by atoms with E-state index in [2.05, 4.69) is 9.99 Å². The van der Waals surface area contributed by atoms with Crippen LogP contribution < -0.4 is 0 Å². The van der Waals surface area contributed by atoms with Gasteiger partial charge in [-0.2, -0.15) is 0 Å². The van der Waals surface area contributed by atoms with Crippen molar-refractivity contribution in [2.45, 2.75) is 12.6 Å². The van der Waals surface area contributed by atoms with Crippen LogP contribution in [0.15, 0.2) is 29.4 Å². The third-order valence-electron chi connectivity index (χ3n) is 2.30. The molecule has 0 N–H and O–H groups in total. The first kappa shape index (κ1) is 11.0. The first-order valence-corrected chi connectivity index (χ1v) is 4.69. The van der Waals surface area contributed by atoms with E-state index in [4.69, 9.17) is 0 Å². The first-order chi connectivity index (χ1) is 8.08. The van der Waals surface area contributed by atoms with Gasteiger partial charge in [0.15, 0.2) is 0 Å². The van der Waals surface area contributed by atoms with E-state index in [1.54, 1.807) is 0 Å². The second-order valence-corrected chi connectivity index (χ2v) is 3.39. The van der Waals surface area contributed by atoms with Gasteiger partial charge in [0.1, 0.15) is 6.42 Å². The highest BCUT2D eigenvalue weighted by molar-refractivity contribution is 6.01. The Hall–Kier alpha value is -2.51. The van der Waals surface area contributed by atoms with Crippen LogP contribution in [0.4, 0.5) is 5.69 Å². The average Bonchev–Trinajstić information content (AvgIpc) is 2.78. The summed E-state index contributed by atoms with van der Waals surface area (Å²) in [5, 5.41) is 24.5. The largest absolute Gasteiger partial charge is 0.380 e. The molecule has 1 aliphatic rings. The van der Waals surface area contributed by atoms with Crippen LogP contribution in [0.25, 0.3) is 0 Å². The van der Waals surface area contributed by atoms with E-state index in [1.807, 2.05) is 0 Å². The fraction of sp³-hybridized carbons (Fsp3) is 0.222. The monoisotopic (exact) mass is 237 g/mol. The fourth-order valence-corrected chi connectivity index (χ4v) is 1.42. The first-order valence-electron chi connectivity index (χ1n) is 4.69. The fourth-order valence-electron chi connectivity index (χ4n) is 1.42. The highest BCUT2D eigenvalue weighted by atomic mass is 16.7. The smallest absolute Gasteiger partial charge is 0.321 e. The van der Waals surface area contributed by atoms with Gasteiger partial charge in [0.05, 0.1) is 15.6 Å². The van der Waals surface area contributed by atoms with Crippen LogP contribution in [0, 0.1) is 20.2 Å². The van der Waals surface area contributed by atoms with Crippen molar-refractivity contribution in [2.24, 2.45) is 5.16 Å². The van der Waals surface area contributed by atoms with Crippen LogP contribution in [-0.2, 0) is 4.84 Å². The normalized spacial score (nSPS) is 18.4. The van der Waals surface area contributed by atoms with Crippen molar-refractivity contribution in [3.05, 3.63) is 50.1 Å². The second-order valence-electron chi connectivity index (χ2n) is 3.39. The summed E-state index contributed by atoms with van der Waals surface area (Å²) < 4.78 is 0. The van der Waals surface area contributed by atoms with Gasteiger partial charge in [-0.1, -0.05) is 5.16 Å². The molecule has 1 aromatic rings. The van der Waals surface area contributed by atoms with Crippen molar-refractivity contribution in [1.82, 2.24) is 0 Å². The van der Waals surface area contributed by atoms with Crippen molar-refractivity contribution >= 4 is 11.4 Å². The Bertz CT molecular complexity index is 496. The van der Waals surface area contributed by atoms with Gasteiger partial charge in [0, 0.05) is 17.7 Å². The summed E-state index contributed by atoms with van der Waals surface area (Å²) in [7, 11) is 0. The van der Waals surface area contributed by atoms with E-state index < -0.39 is 16.1 Å². The lowest BCUT2D eigenvalue weighted by Gasteiger charge is -1.98. The van der Waals surface area contributed by atoms with Gasteiger partial charge in [-0.15, -0.1) is 0 Å². The highest BCUT2D eigenvalue weighted by Crippen LogP contribution is 2.19. The molecule has 1 heterocycles. The maximum atomic E-state index is 10.4. The number of non-ortho nitro benzene ring substituents is 1. The molecule has 0 aliphatic carbocycles. The molecular formula is C9H7N3O5. The standard InChI is InChI=1S/C9H7N3O5/c13-11(14)7-3-1-6(2-4-7)8-5-9(12(15)16)17-10-8/h1-4,9H,5H2. The molecule has 8 nitrogen and oxygen atoms in total. The molecule has 17 heavy (non-hydrogen) atoms. The maximum absolute atomic E-state index is 10.4. The van der Waals surface area contributed by atoms with Gasteiger partial charge in [-0.25, -0.2) is 0 Å². The summed E-state index contributed by atoms with van der Waals surface area (Å²) in [6.45, 7) is 0. The third-order valence-corrected chi connectivity index (χ3v) is 2.30. The minimum absolute atomic E-state index is 0.0425. The van der Waals surface area contributed by atoms with Crippen molar-refractivity contribution in [2.75, 3.05) is 0 Å². The van der Waals surface area contributed by atoms with E-state index in [0.29, 0.717) is 11.3 Å².